The molecule has 0 saturated heterocycles. The van der Waals surface area contributed by atoms with Gasteiger partial charge in [0, 0.05) is 16.8 Å². The average Bonchev–Trinajstić information content (AvgIpc) is 3.16. The molecule has 4 N–H and O–H groups in total. The lowest BCUT2D eigenvalue weighted by atomic mass is 9.98. The molecular weight excluding hydrogens is 452 g/mol. The molecule has 4 aromatic rings. The monoisotopic (exact) mass is 471 g/mol. The highest BCUT2D eigenvalue weighted by Crippen LogP contribution is 2.28. The van der Waals surface area contributed by atoms with Crippen LogP contribution in [0.3, 0.4) is 0 Å². The molecule has 0 fully saturated rings. The van der Waals surface area contributed by atoms with Gasteiger partial charge in [0.2, 0.25) is 5.95 Å². The largest absolute Gasteiger partial charge is 0.385 e. The number of aromatic nitrogens is 3. The van der Waals surface area contributed by atoms with Crippen LogP contribution in [0.4, 0.5) is 14.7 Å². The smallest absolute Gasteiger partial charge is 0.254 e. The van der Waals surface area contributed by atoms with Gasteiger partial charge in [-0.15, -0.1) is 5.10 Å². The molecular formula is C23H20ClF2N5O2. The molecule has 0 radical (unpaired) electrons. The summed E-state index contributed by atoms with van der Waals surface area (Å²) in [7, 11) is 0. The number of aliphatic hydroxyl groups is 1. The lowest BCUT2D eigenvalue weighted by Crippen LogP contribution is -2.34. The number of nitrogens with two attached hydrogens (primary N) is 1. The average molecular weight is 472 g/mol. The molecule has 0 aliphatic heterocycles. The quantitative estimate of drug-likeness (QED) is 0.396. The summed E-state index contributed by atoms with van der Waals surface area (Å²) in [6.07, 6.45) is -1.69. The number of amides is 1. The van der Waals surface area contributed by atoms with Crippen LogP contribution in [0, 0.1) is 12.7 Å². The number of hydrogen-bond acceptors (Lipinski definition) is 5. The van der Waals surface area contributed by atoms with E-state index in [1.54, 1.807) is 37.4 Å². The number of carbonyl (C=O) groups is 1. The van der Waals surface area contributed by atoms with Crippen LogP contribution in [-0.4, -0.2) is 38.3 Å². The Morgan fingerprint density at radius 3 is 2.70 bits per heavy atom. The Morgan fingerprint density at radius 1 is 1.24 bits per heavy atom. The number of hydrogen-bond donors (Lipinski definition) is 3. The second-order valence-electron chi connectivity index (χ2n) is 7.53. The van der Waals surface area contributed by atoms with Crippen molar-refractivity contribution in [3.8, 4) is 11.1 Å². The molecule has 0 spiro atoms. The van der Waals surface area contributed by atoms with Gasteiger partial charge in [-0.25, -0.2) is 13.3 Å². The maximum absolute atomic E-state index is 15.4. The minimum Gasteiger partial charge on any atom is -0.385 e. The van der Waals surface area contributed by atoms with Crippen LogP contribution in [0.2, 0.25) is 5.02 Å². The number of nitrogens with zero attached hydrogens (tertiary/aromatic N) is 3. The van der Waals surface area contributed by atoms with Crippen molar-refractivity contribution in [2.45, 2.75) is 19.2 Å². The normalized spacial score (nSPS) is 13.1. The molecule has 10 heteroatoms. The summed E-state index contributed by atoms with van der Waals surface area (Å²) in [4.78, 5) is 16.8. The van der Waals surface area contributed by atoms with Crippen LogP contribution in [0.1, 0.15) is 27.6 Å². The lowest BCUT2D eigenvalue weighted by Gasteiger charge is -2.18. The van der Waals surface area contributed by atoms with Crippen LogP contribution < -0.4 is 11.1 Å². The first-order valence-corrected chi connectivity index (χ1v) is 10.4. The van der Waals surface area contributed by atoms with Crippen LogP contribution in [0.15, 0.2) is 54.7 Å². The molecule has 2 heterocycles. The number of aliphatic hydroxyl groups excluding tert-OH is 1. The van der Waals surface area contributed by atoms with E-state index in [1.807, 2.05) is 0 Å². The first-order valence-electron chi connectivity index (χ1n) is 10.0. The predicted molar refractivity (Wildman–Crippen MR) is 121 cm³/mol. The standard InChI is InChI=1S/C23H20ClF2N5O2/c1-12-2-7-16(14-8-9-31-18(10-14)29-23(27)30-31)20(26)19(12)22(33)28-11-17(25)21(32)13-3-5-15(24)6-4-13/h2-10,17,21,32H,11H2,1H3,(H2,27,30)(H,28,33)/t17-,21-/m0/s1. The van der Waals surface area contributed by atoms with E-state index in [4.69, 9.17) is 17.3 Å². The highest BCUT2D eigenvalue weighted by Gasteiger charge is 2.24. The number of fused-ring (bicyclic) bond motifs is 1. The van der Waals surface area contributed by atoms with Crippen molar-refractivity contribution >= 4 is 29.1 Å². The number of nitrogen functional groups attached to an aromatic ring is 1. The van der Waals surface area contributed by atoms with Crippen LogP contribution in [0.25, 0.3) is 16.8 Å². The van der Waals surface area contributed by atoms with Gasteiger partial charge in [-0.05, 0) is 47.9 Å². The van der Waals surface area contributed by atoms with Gasteiger partial charge < -0.3 is 16.2 Å². The Bertz CT molecular complexity index is 1330. The van der Waals surface area contributed by atoms with Gasteiger partial charge in [0.1, 0.15) is 18.1 Å². The molecule has 2 aromatic heterocycles. The third kappa shape index (κ3) is 4.64. The number of alkyl halides is 1. The lowest BCUT2D eigenvalue weighted by molar-refractivity contribution is 0.0714. The van der Waals surface area contributed by atoms with Gasteiger partial charge in [-0.2, -0.15) is 4.98 Å². The molecule has 0 bridgehead atoms. The number of halogens is 3. The Morgan fingerprint density at radius 2 is 1.97 bits per heavy atom. The number of pyridine rings is 1. The number of nitrogens with one attached hydrogen (secondary N) is 1. The maximum atomic E-state index is 15.4. The second kappa shape index (κ2) is 9.13. The van der Waals surface area contributed by atoms with Gasteiger partial charge >= 0.3 is 0 Å². The van der Waals surface area contributed by atoms with Crippen LogP contribution in [0.5, 0.6) is 0 Å². The molecule has 1 amide bonds. The summed E-state index contributed by atoms with van der Waals surface area (Å²) in [5.41, 5.74) is 7.16. The third-order valence-corrected chi connectivity index (χ3v) is 5.51. The topological polar surface area (TPSA) is 106 Å². The molecule has 0 unspecified atom stereocenters. The Hall–Kier alpha value is -3.56. The van der Waals surface area contributed by atoms with Crippen LogP contribution in [-0.2, 0) is 0 Å². The zero-order chi connectivity index (χ0) is 23.7. The summed E-state index contributed by atoms with van der Waals surface area (Å²) < 4.78 is 31.4. The molecule has 0 saturated carbocycles. The first-order chi connectivity index (χ1) is 15.7. The first kappa shape index (κ1) is 22.6. The van der Waals surface area contributed by atoms with Crippen molar-refractivity contribution in [2.75, 3.05) is 12.3 Å². The Balaban J connectivity index is 1.54. The van der Waals surface area contributed by atoms with E-state index in [9.17, 15) is 14.3 Å². The SMILES string of the molecule is Cc1ccc(-c2ccn3nc(N)nc3c2)c(F)c1C(=O)NC[C@H](F)[C@@H](O)c1ccc(Cl)cc1. The van der Waals surface area contributed by atoms with Gasteiger partial charge in [0.25, 0.3) is 5.91 Å². The van der Waals surface area contributed by atoms with E-state index < -0.39 is 30.5 Å². The van der Waals surface area contributed by atoms with Gasteiger partial charge in [-0.3, -0.25) is 4.79 Å². The van der Waals surface area contributed by atoms with E-state index >= 15 is 4.39 Å². The molecule has 170 valence electrons. The summed E-state index contributed by atoms with van der Waals surface area (Å²) in [6, 6.07) is 12.4. The minimum absolute atomic E-state index is 0.0816. The van der Waals surface area contributed by atoms with E-state index in [0.29, 0.717) is 27.4 Å². The predicted octanol–water partition coefficient (Wildman–Crippen LogP) is 3.88. The second-order valence-corrected chi connectivity index (χ2v) is 7.97. The number of rotatable bonds is 6. The van der Waals surface area contributed by atoms with Crippen molar-refractivity contribution in [1.82, 2.24) is 19.9 Å². The zero-order valence-corrected chi connectivity index (χ0v) is 18.2. The molecule has 7 nitrogen and oxygen atoms in total. The molecule has 0 aliphatic carbocycles. The van der Waals surface area contributed by atoms with Crippen molar-refractivity contribution in [1.29, 1.82) is 0 Å². The van der Waals surface area contributed by atoms with E-state index in [2.05, 4.69) is 15.4 Å². The third-order valence-electron chi connectivity index (χ3n) is 5.25. The summed E-state index contributed by atoms with van der Waals surface area (Å²) in [5, 5.41) is 17.0. The van der Waals surface area contributed by atoms with E-state index in [1.165, 1.54) is 28.8 Å². The number of anilines is 1. The minimum atomic E-state index is -1.80. The molecule has 33 heavy (non-hydrogen) atoms. The van der Waals surface area contributed by atoms with Gasteiger partial charge in [0.05, 0.1) is 12.1 Å². The van der Waals surface area contributed by atoms with E-state index in [0.717, 1.165) is 0 Å². The summed E-state index contributed by atoms with van der Waals surface area (Å²) in [5.74, 6) is -1.46. The molecule has 2 aromatic carbocycles. The number of benzene rings is 2. The molecule has 0 aliphatic rings. The van der Waals surface area contributed by atoms with Crippen molar-refractivity contribution < 1.29 is 18.7 Å². The molecule has 4 rings (SSSR count). The van der Waals surface area contributed by atoms with E-state index in [-0.39, 0.29) is 17.1 Å². The zero-order valence-electron chi connectivity index (χ0n) is 17.5. The fraction of sp³-hybridized carbons (Fsp3) is 0.174. The maximum Gasteiger partial charge on any atom is 0.254 e. The highest BCUT2D eigenvalue weighted by molar-refractivity contribution is 6.30. The molecule has 2 atom stereocenters. The van der Waals surface area contributed by atoms with Crippen molar-refractivity contribution in [2.24, 2.45) is 0 Å². The highest BCUT2D eigenvalue weighted by atomic mass is 35.5. The number of aryl methyl sites for hydroxylation is 1. The summed E-state index contributed by atoms with van der Waals surface area (Å²) >= 11 is 5.80. The van der Waals surface area contributed by atoms with Crippen molar-refractivity contribution in [3.63, 3.8) is 0 Å². The summed E-state index contributed by atoms with van der Waals surface area (Å²) in [6.45, 7) is 1.08. The van der Waals surface area contributed by atoms with Crippen LogP contribution >= 0.6 is 11.6 Å². The fourth-order valence-electron chi connectivity index (χ4n) is 3.50. The van der Waals surface area contributed by atoms with Crippen molar-refractivity contribution in [3.05, 3.63) is 82.3 Å². The van der Waals surface area contributed by atoms with Gasteiger partial charge in [-0.1, -0.05) is 35.9 Å². The Kier molecular flexibility index (Phi) is 6.26. The van der Waals surface area contributed by atoms with Gasteiger partial charge in [0.15, 0.2) is 5.65 Å². The number of carbonyl (C=O) groups excluding carboxylic acids is 1. The fourth-order valence-corrected chi connectivity index (χ4v) is 3.63. The Labute approximate surface area is 192 Å².